The molecule has 0 aliphatic rings. The third-order valence-corrected chi connectivity index (χ3v) is 3.39. The number of rotatable bonds is 8. The van der Waals surface area contributed by atoms with Crippen molar-refractivity contribution in [3.8, 4) is 5.75 Å². The zero-order chi connectivity index (χ0) is 17.8. The summed E-state index contributed by atoms with van der Waals surface area (Å²) < 4.78 is 5.62. The zero-order valence-corrected chi connectivity index (χ0v) is 15.0. The van der Waals surface area contributed by atoms with Crippen LogP contribution >= 0.6 is 12.2 Å². The second kappa shape index (κ2) is 11.4. The summed E-state index contributed by atoms with van der Waals surface area (Å²) in [5.74, 6) is -0.0395. The number of unbranched alkanes of at least 4 members (excludes halogenated alkanes) is 2. The highest BCUT2D eigenvalue weighted by Crippen LogP contribution is 2.17. The van der Waals surface area contributed by atoms with Gasteiger partial charge in [0.15, 0.2) is 5.11 Å². The number of amides is 2. The standard InChI is InChI=1S/C17H25N3O3S/c1-3-5-11-15(21)18-17(24)20-19-16(22)13-9-7-8-10-14(13)23-12-6-4-2/h7-10H,3-6,11-12H2,1-2H3,(H,19,22)(H2,18,20,21,24). The van der Waals surface area contributed by atoms with Crippen LogP contribution in [-0.4, -0.2) is 23.5 Å². The number of carbonyl (C=O) groups excluding carboxylic acids is 2. The van der Waals surface area contributed by atoms with Gasteiger partial charge in [0.1, 0.15) is 5.75 Å². The van der Waals surface area contributed by atoms with Gasteiger partial charge >= 0.3 is 0 Å². The first-order valence-corrected chi connectivity index (χ1v) is 8.61. The second-order valence-electron chi connectivity index (χ2n) is 5.26. The van der Waals surface area contributed by atoms with E-state index in [4.69, 9.17) is 17.0 Å². The molecule has 6 nitrogen and oxygen atoms in total. The van der Waals surface area contributed by atoms with Crippen LogP contribution in [-0.2, 0) is 4.79 Å². The predicted molar refractivity (Wildman–Crippen MR) is 97.7 cm³/mol. The molecule has 0 aliphatic heterocycles. The van der Waals surface area contributed by atoms with Crippen LogP contribution in [0.4, 0.5) is 0 Å². The molecule has 0 fully saturated rings. The summed E-state index contributed by atoms with van der Waals surface area (Å²) in [7, 11) is 0. The van der Waals surface area contributed by atoms with E-state index >= 15 is 0 Å². The quantitative estimate of drug-likeness (QED) is 0.381. The Labute approximate surface area is 148 Å². The number of hydrogen-bond donors (Lipinski definition) is 3. The minimum absolute atomic E-state index is 0.0637. The average Bonchev–Trinajstić information content (AvgIpc) is 2.58. The molecule has 3 N–H and O–H groups in total. The Balaban J connectivity index is 2.50. The van der Waals surface area contributed by atoms with Crippen LogP contribution in [0, 0.1) is 0 Å². The predicted octanol–water partition coefficient (Wildman–Crippen LogP) is 2.69. The molecule has 0 bridgehead atoms. The second-order valence-corrected chi connectivity index (χ2v) is 5.67. The van der Waals surface area contributed by atoms with Gasteiger partial charge in [-0.3, -0.25) is 20.4 Å². The molecule has 0 radical (unpaired) electrons. The molecule has 0 unspecified atom stereocenters. The maximum atomic E-state index is 12.2. The van der Waals surface area contributed by atoms with Crippen molar-refractivity contribution in [2.45, 2.75) is 46.0 Å². The molecule has 2 amide bonds. The first-order valence-electron chi connectivity index (χ1n) is 8.20. The number of hydrogen-bond acceptors (Lipinski definition) is 4. The van der Waals surface area contributed by atoms with Gasteiger partial charge in [0.05, 0.1) is 12.2 Å². The number of hydrazine groups is 1. The maximum absolute atomic E-state index is 12.2. The summed E-state index contributed by atoms with van der Waals surface area (Å²) in [6.07, 6.45) is 4.06. The molecule has 1 aromatic carbocycles. The van der Waals surface area contributed by atoms with E-state index in [2.05, 4.69) is 23.1 Å². The number of thiocarbonyl (C=S) groups is 1. The van der Waals surface area contributed by atoms with Crippen LogP contribution in [0.5, 0.6) is 5.75 Å². The van der Waals surface area contributed by atoms with E-state index < -0.39 is 0 Å². The van der Waals surface area contributed by atoms with Gasteiger partial charge in [0.2, 0.25) is 5.91 Å². The summed E-state index contributed by atoms with van der Waals surface area (Å²) in [5.41, 5.74) is 5.40. The molecule has 0 spiro atoms. The minimum Gasteiger partial charge on any atom is -0.493 e. The zero-order valence-electron chi connectivity index (χ0n) is 14.2. The fraction of sp³-hybridized carbons (Fsp3) is 0.471. The van der Waals surface area contributed by atoms with Crippen LogP contribution < -0.4 is 20.9 Å². The van der Waals surface area contributed by atoms with Crippen molar-refractivity contribution in [3.05, 3.63) is 29.8 Å². The van der Waals surface area contributed by atoms with Crippen molar-refractivity contribution < 1.29 is 14.3 Å². The molecule has 0 aliphatic carbocycles. The molecule has 0 aromatic heterocycles. The lowest BCUT2D eigenvalue weighted by Crippen LogP contribution is -2.48. The van der Waals surface area contributed by atoms with Crippen molar-refractivity contribution in [3.63, 3.8) is 0 Å². The highest BCUT2D eigenvalue weighted by Gasteiger charge is 2.12. The van der Waals surface area contributed by atoms with E-state index in [1.54, 1.807) is 18.2 Å². The van der Waals surface area contributed by atoms with Gasteiger partial charge in [-0.25, -0.2) is 0 Å². The molecule has 7 heteroatoms. The van der Waals surface area contributed by atoms with E-state index in [0.29, 0.717) is 24.3 Å². The van der Waals surface area contributed by atoms with Gasteiger partial charge < -0.3 is 10.1 Å². The summed E-state index contributed by atoms with van der Waals surface area (Å²) in [5, 5.41) is 2.58. The van der Waals surface area contributed by atoms with Gasteiger partial charge in [-0.2, -0.15) is 0 Å². The largest absolute Gasteiger partial charge is 0.493 e. The van der Waals surface area contributed by atoms with Crippen molar-refractivity contribution >= 4 is 29.1 Å². The van der Waals surface area contributed by atoms with E-state index in [0.717, 1.165) is 25.7 Å². The Hall–Kier alpha value is -2.15. The van der Waals surface area contributed by atoms with Crippen molar-refractivity contribution in [1.29, 1.82) is 0 Å². The molecular weight excluding hydrogens is 326 g/mol. The van der Waals surface area contributed by atoms with Crippen molar-refractivity contribution in [2.24, 2.45) is 0 Å². The fourth-order valence-electron chi connectivity index (χ4n) is 1.85. The molecule has 24 heavy (non-hydrogen) atoms. The van der Waals surface area contributed by atoms with Crippen LogP contribution in [0.1, 0.15) is 56.3 Å². The third kappa shape index (κ3) is 7.41. The van der Waals surface area contributed by atoms with Gasteiger partial charge in [0.25, 0.3) is 5.91 Å². The lowest BCUT2D eigenvalue weighted by atomic mass is 10.2. The summed E-state index contributed by atoms with van der Waals surface area (Å²) >= 11 is 4.98. The molecule has 0 saturated carbocycles. The van der Waals surface area contributed by atoms with Gasteiger partial charge in [-0.05, 0) is 37.2 Å². The van der Waals surface area contributed by atoms with Crippen molar-refractivity contribution in [1.82, 2.24) is 16.2 Å². The van der Waals surface area contributed by atoms with Crippen LogP contribution in [0.25, 0.3) is 0 Å². The van der Waals surface area contributed by atoms with E-state index in [1.165, 1.54) is 0 Å². The van der Waals surface area contributed by atoms with E-state index in [-0.39, 0.29) is 16.9 Å². The van der Waals surface area contributed by atoms with Crippen LogP contribution in [0.3, 0.4) is 0 Å². The van der Waals surface area contributed by atoms with E-state index in [1.807, 2.05) is 13.0 Å². The summed E-state index contributed by atoms with van der Waals surface area (Å²) in [6, 6.07) is 6.98. The number of benzene rings is 1. The number of ether oxygens (including phenoxy) is 1. The average molecular weight is 351 g/mol. The topological polar surface area (TPSA) is 79.5 Å². The Morgan fingerprint density at radius 2 is 1.79 bits per heavy atom. The first kappa shape index (κ1) is 19.9. The lowest BCUT2D eigenvalue weighted by molar-refractivity contribution is -0.119. The highest BCUT2D eigenvalue weighted by molar-refractivity contribution is 7.80. The molecular formula is C17H25N3O3S. The Kier molecular flexibility index (Phi) is 9.45. The molecule has 0 heterocycles. The molecule has 1 aromatic rings. The molecule has 0 atom stereocenters. The van der Waals surface area contributed by atoms with Crippen LogP contribution in [0.2, 0.25) is 0 Å². The fourth-order valence-corrected chi connectivity index (χ4v) is 2.01. The number of nitrogens with one attached hydrogen (secondary N) is 3. The lowest BCUT2D eigenvalue weighted by Gasteiger charge is -2.13. The summed E-state index contributed by atoms with van der Waals surface area (Å²) in [4.78, 5) is 23.8. The van der Waals surface area contributed by atoms with Gasteiger partial charge in [0, 0.05) is 6.42 Å². The maximum Gasteiger partial charge on any atom is 0.273 e. The molecule has 0 saturated heterocycles. The van der Waals surface area contributed by atoms with Gasteiger partial charge in [-0.1, -0.05) is 38.8 Å². The van der Waals surface area contributed by atoms with Crippen molar-refractivity contribution in [2.75, 3.05) is 6.61 Å². The number of para-hydroxylation sites is 1. The Morgan fingerprint density at radius 1 is 1.08 bits per heavy atom. The monoisotopic (exact) mass is 351 g/mol. The normalized spacial score (nSPS) is 9.92. The highest BCUT2D eigenvalue weighted by atomic mass is 32.1. The SMILES string of the molecule is CCCCOc1ccccc1C(=O)NNC(=S)NC(=O)CCCC. The first-order chi connectivity index (χ1) is 11.6. The smallest absolute Gasteiger partial charge is 0.273 e. The molecule has 1 rings (SSSR count). The Bertz CT molecular complexity index is 564. The molecule has 132 valence electrons. The summed E-state index contributed by atoms with van der Waals surface area (Å²) in [6.45, 7) is 4.63. The van der Waals surface area contributed by atoms with Crippen LogP contribution in [0.15, 0.2) is 24.3 Å². The third-order valence-electron chi connectivity index (χ3n) is 3.19. The Morgan fingerprint density at radius 3 is 2.50 bits per heavy atom. The van der Waals surface area contributed by atoms with Gasteiger partial charge in [-0.15, -0.1) is 0 Å². The number of carbonyl (C=O) groups is 2. The minimum atomic E-state index is -0.382. The van der Waals surface area contributed by atoms with E-state index in [9.17, 15) is 9.59 Å².